The number of aromatic hydroxyl groups is 1. The van der Waals surface area contributed by atoms with Crippen LogP contribution in [-0.4, -0.2) is 63.1 Å². The first-order valence-electron chi connectivity index (χ1n) is 11.0. The number of likely N-dealkylation sites (N-methyl/N-ethyl adjacent to an activating group) is 1. The van der Waals surface area contributed by atoms with Crippen molar-refractivity contribution in [3.05, 3.63) is 66.0 Å². The molecule has 4 aromatic rings. The van der Waals surface area contributed by atoms with Crippen LogP contribution in [0.4, 0.5) is 11.5 Å². The zero-order valence-electron chi connectivity index (χ0n) is 18.5. The standard InChI is InChI=1S/C25H28N6O/c1-17-3-8-20(13-23(17)32)28-24-21-14-22(29-25(21)27-16-26-24)19-6-4-18(5-7-19)15-31-11-9-30(2)10-12-31/h3-8,13-14,16,32H,9-12,15H2,1-2H3,(H2,26,27,28,29). The van der Waals surface area contributed by atoms with Gasteiger partial charge in [0, 0.05) is 50.2 Å². The maximum absolute atomic E-state index is 10.00. The molecule has 0 aliphatic carbocycles. The number of aryl methyl sites for hydroxylation is 1. The second kappa shape index (κ2) is 8.61. The van der Waals surface area contributed by atoms with E-state index in [2.05, 4.69) is 67.4 Å². The fourth-order valence-corrected chi connectivity index (χ4v) is 4.07. The van der Waals surface area contributed by atoms with Gasteiger partial charge in [-0.05, 0) is 42.8 Å². The van der Waals surface area contributed by atoms with Crippen molar-refractivity contribution < 1.29 is 5.11 Å². The van der Waals surface area contributed by atoms with E-state index in [0.717, 1.165) is 66.3 Å². The quantitative estimate of drug-likeness (QED) is 0.444. The molecular formula is C25H28N6O. The molecule has 3 heterocycles. The molecule has 3 N–H and O–H groups in total. The lowest BCUT2D eigenvalue weighted by Crippen LogP contribution is -2.43. The van der Waals surface area contributed by atoms with E-state index in [1.54, 1.807) is 6.07 Å². The molecule has 0 unspecified atom stereocenters. The van der Waals surface area contributed by atoms with Gasteiger partial charge in [0.15, 0.2) is 0 Å². The number of rotatable bonds is 5. The second-order valence-electron chi connectivity index (χ2n) is 8.57. The Morgan fingerprint density at radius 2 is 1.78 bits per heavy atom. The Labute approximate surface area is 187 Å². The predicted molar refractivity (Wildman–Crippen MR) is 128 cm³/mol. The zero-order valence-corrected chi connectivity index (χ0v) is 18.5. The number of phenols is 1. The monoisotopic (exact) mass is 428 g/mol. The number of piperazine rings is 1. The van der Waals surface area contributed by atoms with Gasteiger partial charge in [-0.2, -0.15) is 0 Å². The first kappa shape index (κ1) is 20.5. The number of nitrogens with one attached hydrogen (secondary N) is 2. The Hall–Kier alpha value is -3.42. The van der Waals surface area contributed by atoms with E-state index in [-0.39, 0.29) is 5.75 Å². The summed E-state index contributed by atoms with van der Waals surface area (Å²) in [6.45, 7) is 7.36. The highest BCUT2D eigenvalue weighted by Gasteiger charge is 2.14. The van der Waals surface area contributed by atoms with Gasteiger partial charge in [0.05, 0.1) is 5.39 Å². The largest absolute Gasteiger partial charge is 0.508 e. The number of hydrogen-bond donors (Lipinski definition) is 3. The molecular weight excluding hydrogens is 400 g/mol. The molecule has 0 atom stereocenters. The number of aromatic amines is 1. The summed E-state index contributed by atoms with van der Waals surface area (Å²) in [5.41, 5.74) is 5.84. The summed E-state index contributed by atoms with van der Waals surface area (Å²) in [6, 6.07) is 16.3. The highest BCUT2D eigenvalue weighted by Crippen LogP contribution is 2.30. The van der Waals surface area contributed by atoms with Crippen molar-refractivity contribution in [1.82, 2.24) is 24.8 Å². The van der Waals surface area contributed by atoms with Gasteiger partial charge < -0.3 is 20.3 Å². The highest BCUT2D eigenvalue weighted by atomic mass is 16.3. The summed E-state index contributed by atoms with van der Waals surface area (Å²) in [4.78, 5) is 17.1. The van der Waals surface area contributed by atoms with Crippen LogP contribution in [0.1, 0.15) is 11.1 Å². The van der Waals surface area contributed by atoms with Crippen LogP contribution in [0, 0.1) is 6.92 Å². The van der Waals surface area contributed by atoms with E-state index in [1.807, 2.05) is 19.1 Å². The van der Waals surface area contributed by atoms with Crippen LogP contribution >= 0.6 is 0 Å². The molecule has 2 aromatic heterocycles. The summed E-state index contributed by atoms with van der Waals surface area (Å²) in [6.07, 6.45) is 1.54. The Kier molecular flexibility index (Phi) is 5.51. The molecule has 2 aromatic carbocycles. The average Bonchev–Trinajstić information content (AvgIpc) is 3.24. The number of benzene rings is 2. The summed E-state index contributed by atoms with van der Waals surface area (Å²) in [7, 11) is 2.18. The van der Waals surface area contributed by atoms with Gasteiger partial charge >= 0.3 is 0 Å². The first-order chi connectivity index (χ1) is 15.5. The van der Waals surface area contributed by atoms with Gasteiger partial charge in [0.1, 0.15) is 23.5 Å². The van der Waals surface area contributed by atoms with Crippen LogP contribution < -0.4 is 5.32 Å². The number of nitrogens with zero attached hydrogens (tertiary/aromatic N) is 4. The van der Waals surface area contributed by atoms with E-state index in [9.17, 15) is 5.11 Å². The SMILES string of the molecule is Cc1ccc(Nc2ncnc3[nH]c(-c4ccc(CN5CCN(C)CC5)cc4)cc23)cc1O. The van der Waals surface area contributed by atoms with Crippen LogP contribution in [0.25, 0.3) is 22.3 Å². The van der Waals surface area contributed by atoms with Gasteiger partial charge in [-0.15, -0.1) is 0 Å². The van der Waals surface area contributed by atoms with Gasteiger partial charge in [0.25, 0.3) is 0 Å². The molecule has 0 bridgehead atoms. The molecule has 1 aliphatic rings. The number of fused-ring (bicyclic) bond motifs is 1. The maximum Gasteiger partial charge on any atom is 0.143 e. The lowest BCUT2D eigenvalue weighted by molar-refractivity contribution is 0.148. The Bertz CT molecular complexity index is 1230. The smallest absolute Gasteiger partial charge is 0.143 e. The number of H-pyrrole nitrogens is 1. The van der Waals surface area contributed by atoms with Crippen LogP contribution in [0.5, 0.6) is 5.75 Å². The van der Waals surface area contributed by atoms with Crippen LogP contribution in [0.15, 0.2) is 54.9 Å². The minimum atomic E-state index is 0.256. The fraction of sp³-hybridized carbons (Fsp3) is 0.280. The van der Waals surface area contributed by atoms with Gasteiger partial charge in [-0.1, -0.05) is 30.3 Å². The number of hydrogen-bond acceptors (Lipinski definition) is 6. The molecule has 7 heteroatoms. The van der Waals surface area contributed by atoms with E-state index in [1.165, 1.54) is 11.9 Å². The molecule has 0 radical (unpaired) electrons. The topological polar surface area (TPSA) is 80.3 Å². The minimum absolute atomic E-state index is 0.256. The second-order valence-corrected chi connectivity index (χ2v) is 8.57. The highest BCUT2D eigenvalue weighted by molar-refractivity contribution is 5.93. The van der Waals surface area contributed by atoms with Crippen molar-refractivity contribution in [2.45, 2.75) is 13.5 Å². The summed E-state index contributed by atoms with van der Waals surface area (Å²) >= 11 is 0. The van der Waals surface area contributed by atoms with E-state index in [4.69, 9.17) is 0 Å². The normalized spacial score (nSPS) is 15.3. The fourth-order valence-electron chi connectivity index (χ4n) is 4.07. The van der Waals surface area contributed by atoms with Crippen molar-refractivity contribution in [2.24, 2.45) is 0 Å². The number of aromatic nitrogens is 3. The maximum atomic E-state index is 10.00. The Morgan fingerprint density at radius 1 is 1.00 bits per heavy atom. The van der Waals surface area contributed by atoms with E-state index >= 15 is 0 Å². The minimum Gasteiger partial charge on any atom is -0.508 e. The van der Waals surface area contributed by atoms with Crippen molar-refractivity contribution in [3.63, 3.8) is 0 Å². The lowest BCUT2D eigenvalue weighted by atomic mass is 10.1. The molecule has 1 fully saturated rings. The van der Waals surface area contributed by atoms with Gasteiger partial charge in [-0.25, -0.2) is 9.97 Å². The summed E-state index contributed by atoms with van der Waals surface area (Å²) in [5.74, 6) is 0.958. The third-order valence-corrected chi connectivity index (χ3v) is 6.16. The molecule has 0 saturated carbocycles. The molecule has 0 amide bonds. The number of anilines is 2. The van der Waals surface area contributed by atoms with Crippen molar-refractivity contribution >= 4 is 22.5 Å². The van der Waals surface area contributed by atoms with E-state index < -0.39 is 0 Å². The third kappa shape index (κ3) is 4.30. The molecule has 0 spiro atoms. The molecule has 5 rings (SSSR count). The van der Waals surface area contributed by atoms with Crippen molar-refractivity contribution in [3.8, 4) is 17.0 Å². The van der Waals surface area contributed by atoms with Crippen LogP contribution in [0.2, 0.25) is 0 Å². The summed E-state index contributed by atoms with van der Waals surface area (Å²) in [5, 5.41) is 14.2. The number of phenolic OH excluding ortho intramolecular Hbond substituents is 1. The van der Waals surface area contributed by atoms with Gasteiger partial charge in [0.2, 0.25) is 0 Å². The van der Waals surface area contributed by atoms with Crippen molar-refractivity contribution in [1.29, 1.82) is 0 Å². The molecule has 1 aliphatic heterocycles. The predicted octanol–water partition coefficient (Wildman–Crippen LogP) is 4.13. The zero-order chi connectivity index (χ0) is 22.1. The summed E-state index contributed by atoms with van der Waals surface area (Å²) < 4.78 is 0. The molecule has 32 heavy (non-hydrogen) atoms. The third-order valence-electron chi connectivity index (χ3n) is 6.16. The van der Waals surface area contributed by atoms with E-state index in [0.29, 0.717) is 5.82 Å². The Morgan fingerprint density at radius 3 is 2.53 bits per heavy atom. The lowest BCUT2D eigenvalue weighted by Gasteiger charge is -2.32. The van der Waals surface area contributed by atoms with Crippen LogP contribution in [-0.2, 0) is 6.54 Å². The Balaban J connectivity index is 1.35. The van der Waals surface area contributed by atoms with Crippen molar-refractivity contribution in [2.75, 3.05) is 38.5 Å². The van der Waals surface area contributed by atoms with Crippen LogP contribution in [0.3, 0.4) is 0 Å². The molecule has 7 nitrogen and oxygen atoms in total. The average molecular weight is 429 g/mol. The molecule has 164 valence electrons. The molecule has 1 saturated heterocycles. The van der Waals surface area contributed by atoms with Gasteiger partial charge in [-0.3, -0.25) is 4.90 Å². The first-order valence-corrected chi connectivity index (χ1v) is 11.0.